The van der Waals surface area contributed by atoms with Crippen molar-refractivity contribution in [3.63, 3.8) is 0 Å². The molecule has 1 aromatic rings. The Bertz CT molecular complexity index is 429. The summed E-state index contributed by atoms with van der Waals surface area (Å²) >= 11 is 0. The van der Waals surface area contributed by atoms with Crippen LogP contribution in [0.2, 0.25) is 0 Å². The highest BCUT2D eigenvalue weighted by Crippen LogP contribution is 2.24. The molecule has 2 N–H and O–H groups in total. The summed E-state index contributed by atoms with van der Waals surface area (Å²) in [6.45, 7) is 1.19. The van der Waals surface area contributed by atoms with E-state index in [-0.39, 0.29) is 12.3 Å². The van der Waals surface area contributed by atoms with Gasteiger partial charge in [-0.25, -0.2) is 4.79 Å². The fraction of sp³-hybridized carbons (Fsp3) is 0.583. The molecule has 0 aliphatic carbocycles. The molecule has 0 amide bonds. The molecule has 1 aliphatic rings. The molecule has 1 fully saturated rings. The van der Waals surface area contributed by atoms with Crippen LogP contribution < -0.4 is 5.32 Å². The summed E-state index contributed by atoms with van der Waals surface area (Å²) in [7, 11) is 1.29. The molecule has 2 rings (SSSR count). The van der Waals surface area contributed by atoms with Crippen molar-refractivity contribution in [2.24, 2.45) is 0 Å². The van der Waals surface area contributed by atoms with E-state index in [1.807, 2.05) is 0 Å². The summed E-state index contributed by atoms with van der Waals surface area (Å²) in [5.41, 5.74) is -0.280. The number of nitrogens with zero attached hydrogens (tertiary/aromatic N) is 2. The van der Waals surface area contributed by atoms with Crippen molar-refractivity contribution in [2.75, 3.05) is 32.2 Å². The van der Waals surface area contributed by atoms with E-state index in [9.17, 15) is 9.90 Å². The van der Waals surface area contributed by atoms with Crippen molar-refractivity contribution < 1.29 is 19.4 Å². The first kappa shape index (κ1) is 13.7. The molecule has 0 radical (unpaired) electrons. The maximum Gasteiger partial charge on any atom is 0.358 e. The monoisotopic (exact) mass is 267 g/mol. The molecule has 0 atom stereocenters. The Balaban J connectivity index is 2.07. The van der Waals surface area contributed by atoms with E-state index >= 15 is 0 Å². The number of hydrogen-bond donors (Lipinski definition) is 2. The Hall–Kier alpha value is -1.73. The van der Waals surface area contributed by atoms with Crippen molar-refractivity contribution in [1.29, 1.82) is 0 Å². The Labute approximate surface area is 110 Å². The van der Waals surface area contributed by atoms with Gasteiger partial charge in [0.05, 0.1) is 19.3 Å². The number of carbonyl (C=O) groups is 1. The van der Waals surface area contributed by atoms with Crippen molar-refractivity contribution in [3.05, 3.63) is 17.8 Å². The third-order valence-electron chi connectivity index (χ3n) is 3.20. The molecule has 0 aromatic carbocycles. The first-order valence-electron chi connectivity index (χ1n) is 6.08. The van der Waals surface area contributed by atoms with Crippen molar-refractivity contribution >= 4 is 11.8 Å². The number of aliphatic hydroxyl groups is 1. The number of anilines is 1. The molecule has 1 aliphatic heterocycles. The molecule has 0 saturated carbocycles. The number of carbonyl (C=O) groups excluding carboxylic acids is 1. The minimum atomic E-state index is -0.526. The van der Waals surface area contributed by atoms with Gasteiger partial charge in [-0.15, -0.1) is 10.2 Å². The molecule has 19 heavy (non-hydrogen) atoms. The zero-order valence-electron chi connectivity index (χ0n) is 10.8. The number of aromatic nitrogens is 2. The average molecular weight is 267 g/mol. The lowest BCUT2D eigenvalue weighted by atomic mass is 9.91. The SMILES string of the molecule is COC(=O)c1ccc(NC2(CO)CCOCC2)nn1. The Morgan fingerprint density at radius 1 is 1.47 bits per heavy atom. The van der Waals surface area contributed by atoms with E-state index in [2.05, 4.69) is 20.3 Å². The van der Waals surface area contributed by atoms with Gasteiger partial charge in [0, 0.05) is 13.2 Å². The number of hydrogen-bond acceptors (Lipinski definition) is 7. The fourth-order valence-corrected chi connectivity index (χ4v) is 1.97. The summed E-state index contributed by atoms with van der Waals surface area (Å²) in [4.78, 5) is 11.2. The van der Waals surface area contributed by atoms with Gasteiger partial charge in [-0.05, 0) is 25.0 Å². The lowest BCUT2D eigenvalue weighted by Gasteiger charge is -2.36. The second-order valence-electron chi connectivity index (χ2n) is 4.47. The van der Waals surface area contributed by atoms with Crippen LogP contribution in [0, 0.1) is 0 Å². The van der Waals surface area contributed by atoms with Gasteiger partial charge in [0.25, 0.3) is 0 Å². The molecular formula is C12H17N3O4. The van der Waals surface area contributed by atoms with E-state index in [4.69, 9.17) is 4.74 Å². The van der Waals surface area contributed by atoms with E-state index in [0.29, 0.717) is 31.9 Å². The topological polar surface area (TPSA) is 93.6 Å². The molecule has 104 valence electrons. The normalized spacial score (nSPS) is 17.8. The maximum absolute atomic E-state index is 11.2. The molecule has 0 unspecified atom stereocenters. The van der Waals surface area contributed by atoms with Crippen LogP contribution in [0.1, 0.15) is 23.3 Å². The largest absolute Gasteiger partial charge is 0.464 e. The van der Waals surface area contributed by atoms with Gasteiger partial charge in [-0.2, -0.15) is 0 Å². The summed E-state index contributed by atoms with van der Waals surface area (Å²) in [6, 6.07) is 3.18. The smallest absolute Gasteiger partial charge is 0.358 e. The van der Waals surface area contributed by atoms with Crippen molar-refractivity contribution in [1.82, 2.24) is 10.2 Å². The number of aliphatic hydroxyl groups excluding tert-OH is 1. The van der Waals surface area contributed by atoms with E-state index in [1.165, 1.54) is 13.2 Å². The minimum Gasteiger partial charge on any atom is -0.464 e. The maximum atomic E-state index is 11.2. The van der Waals surface area contributed by atoms with Gasteiger partial charge >= 0.3 is 5.97 Å². The van der Waals surface area contributed by atoms with E-state index in [1.54, 1.807) is 6.07 Å². The molecule has 1 saturated heterocycles. The average Bonchev–Trinajstić information content (AvgIpc) is 2.48. The first-order valence-corrected chi connectivity index (χ1v) is 6.08. The number of rotatable bonds is 4. The van der Waals surface area contributed by atoms with Crippen LogP contribution in [0.5, 0.6) is 0 Å². The standard InChI is InChI=1S/C12H17N3O4/c1-18-11(17)9-2-3-10(15-14-9)13-12(8-16)4-6-19-7-5-12/h2-3,16H,4-8H2,1H3,(H,13,15). The fourth-order valence-electron chi connectivity index (χ4n) is 1.97. The predicted octanol–water partition coefficient (Wildman–Crippen LogP) is 0.217. The third kappa shape index (κ3) is 3.18. The van der Waals surface area contributed by atoms with E-state index < -0.39 is 11.5 Å². The molecule has 0 bridgehead atoms. The number of methoxy groups -OCH3 is 1. The summed E-state index contributed by atoms with van der Waals surface area (Å²) in [5.74, 6) is -0.00871. The number of esters is 1. The van der Waals surface area contributed by atoms with Crippen LogP contribution in [0.25, 0.3) is 0 Å². The van der Waals surface area contributed by atoms with Gasteiger partial charge in [0.2, 0.25) is 0 Å². The molecule has 7 nitrogen and oxygen atoms in total. The van der Waals surface area contributed by atoms with Gasteiger partial charge < -0.3 is 19.9 Å². The molecule has 7 heteroatoms. The predicted molar refractivity (Wildman–Crippen MR) is 66.9 cm³/mol. The van der Waals surface area contributed by atoms with Gasteiger partial charge in [0.15, 0.2) is 5.69 Å². The first-order chi connectivity index (χ1) is 9.19. The van der Waals surface area contributed by atoms with Crippen LogP contribution in [0.3, 0.4) is 0 Å². The highest BCUT2D eigenvalue weighted by molar-refractivity contribution is 5.86. The molecule has 1 aromatic heterocycles. The quantitative estimate of drug-likeness (QED) is 0.753. The zero-order valence-corrected chi connectivity index (χ0v) is 10.8. The van der Waals surface area contributed by atoms with Crippen molar-refractivity contribution in [2.45, 2.75) is 18.4 Å². The van der Waals surface area contributed by atoms with Gasteiger partial charge in [0.1, 0.15) is 5.82 Å². The molecule has 2 heterocycles. The van der Waals surface area contributed by atoms with Crippen LogP contribution in [-0.2, 0) is 9.47 Å². The second kappa shape index (κ2) is 5.94. The van der Waals surface area contributed by atoms with Gasteiger partial charge in [-0.3, -0.25) is 0 Å². The van der Waals surface area contributed by atoms with Crippen LogP contribution in [0.4, 0.5) is 5.82 Å². The van der Waals surface area contributed by atoms with Crippen LogP contribution in [-0.4, -0.2) is 53.7 Å². The van der Waals surface area contributed by atoms with Crippen molar-refractivity contribution in [3.8, 4) is 0 Å². The lowest BCUT2D eigenvalue weighted by molar-refractivity contribution is 0.0378. The number of nitrogens with one attached hydrogen (secondary N) is 1. The summed E-state index contributed by atoms with van der Waals surface area (Å²) < 4.78 is 9.83. The number of ether oxygens (including phenoxy) is 2. The molecule has 0 spiro atoms. The van der Waals surface area contributed by atoms with E-state index in [0.717, 1.165) is 0 Å². The summed E-state index contributed by atoms with van der Waals surface area (Å²) in [5, 5.41) is 20.4. The lowest BCUT2D eigenvalue weighted by Crippen LogP contribution is -2.47. The second-order valence-corrected chi connectivity index (χ2v) is 4.47. The Morgan fingerprint density at radius 3 is 2.74 bits per heavy atom. The minimum absolute atomic E-state index is 0.00318. The van der Waals surface area contributed by atoms with Crippen LogP contribution in [0.15, 0.2) is 12.1 Å². The zero-order chi connectivity index (χ0) is 13.7. The Kier molecular flexibility index (Phi) is 4.28. The van der Waals surface area contributed by atoms with Gasteiger partial charge in [-0.1, -0.05) is 0 Å². The highest BCUT2D eigenvalue weighted by atomic mass is 16.5. The summed E-state index contributed by atoms with van der Waals surface area (Å²) in [6.07, 6.45) is 1.40. The van der Waals surface area contributed by atoms with Crippen LogP contribution >= 0.6 is 0 Å². The molecular weight excluding hydrogens is 250 g/mol. The highest BCUT2D eigenvalue weighted by Gasteiger charge is 2.32. The third-order valence-corrected chi connectivity index (χ3v) is 3.20. The Morgan fingerprint density at radius 2 is 2.21 bits per heavy atom.